The van der Waals surface area contributed by atoms with Crippen molar-refractivity contribution in [3.63, 3.8) is 0 Å². The van der Waals surface area contributed by atoms with Gasteiger partial charge < -0.3 is 0 Å². The van der Waals surface area contributed by atoms with Crippen LogP contribution < -0.4 is 0 Å². The molecule has 0 saturated heterocycles. The van der Waals surface area contributed by atoms with Crippen molar-refractivity contribution < 1.29 is 0 Å². The van der Waals surface area contributed by atoms with E-state index in [-0.39, 0.29) is 0 Å². The number of aromatic nitrogens is 2. The zero-order valence-corrected chi connectivity index (χ0v) is 24.0. The Morgan fingerprint density at radius 1 is 0.395 bits per heavy atom. The van der Waals surface area contributed by atoms with Gasteiger partial charge in [0.1, 0.15) is 0 Å². The first-order valence-corrected chi connectivity index (χ1v) is 15.3. The first-order chi connectivity index (χ1) is 21.3. The lowest BCUT2D eigenvalue weighted by atomic mass is 9.88. The number of fused-ring (bicyclic) bond motifs is 10. The predicted molar refractivity (Wildman–Crippen MR) is 184 cm³/mol. The number of rotatable bonds is 3. The largest absolute Gasteiger partial charge is 0.256 e. The molecule has 0 unspecified atom stereocenters. The molecular weight excluding hydrogens is 541 g/mol. The fourth-order valence-electron chi connectivity index (χ4n) is 6.64. The Balaban J connectivity index is 1.48. The van der Waals surface area contributed by atoms with Crippen LogP contribution in [0.25, 0.3) is 86.1 Å². The third kappa shape index (κ3) is 3.79. The van der Waals surface area contributed by atoms with Crippen molar-refractivity contribution >= 4 is 63.8 Å². The molecule has 0 aliphatic carbocycles. The van der Waals surface area contributed by atoms with E-state index in [9.17, 15) is 0 Å². The highest BCUT2D eigenvalue weighted by Gasteiger charge is 2.20. The molecule has 0 radical (unpaired) electrons. The summed E-state index contributed by atoms with van der Waals surface area (Å²) in [7, 11) is 0. The van der Waals surface area contributed by atoms with Crippen molar-refractivity contribution in [2.24, 2.45) is 0 Å². The molecule has 0 amide bonds. The van der Waals surface area contributed by atoms with Crippen molar-refractivity contribution in [3.05, 3.63) is 146 Å². The van der Waals surface area contributed by atoms with Crippen molar-refractivity contribution in [3.8, 4) is 33.6 Å². The number of nitrogens with zero attached hydrogens (tertiary/aromatic N) is 2. The second-order valence-electron chi connectivity index (χ2n) is 11.0. The van der Waals surface area contributed by atoms with Crippen LogP contribution in [0, 0.1) is 0 Å². The van der Waals surface area contributed by atoms with Gasteiger partial charge in [-0.05, 0) is 92.7 Å². The molecule has 2 nitrogen and oxygen atoms in total. The summed E-state index contributed by atoms with van der Waals surface area (Å²) in [6.07, 6.45) is 3.72. The first-order valence-electron chi connectivity index (χ1n) is 14.5. The van der Waals surface area contributed by atoms with Gasteiger partial charge in [0, 0.05) is 49.1 Å². The monoisotopic (exact) mass is 564 g/mol. The molecule has 0 N–H and O–H groups in total. The van der Waals surface area contributed by atoms with E-state index in [0.29, 0.717) is 0 Å². The van der Waals surface area contributed by atoms with Gasteiger partial charge >= 0.3 is 0 Å². The van der Waals surface area contributed by atoms with Crippen LogP contribution in [0.3, 0.4) is 0 Å². The molecule has 0 bridgehead atoms. The Bertz CT molecular complexity index is 2440. The summed E-state index contributed by atoms with van der Waals surface area (Å²) < 4.78 is 2.63. The number of hydrogen-bond donors (Lipinski definition) is 0. The smallest absolute Gasteiger partial charge is 0.0702 e. The first kappa shape index (κ1) is 24.2. The Morgan fingerprint density at radius 3 is 1.53 bits per heavy atom. The molecule has 9 rings (SSSR count). The zero-order valence-electron chi connectivity index (χ0n) is 23.2. The maximum Gasteiger partial charge on any atom is 0.0702 e. The number of pyridine rings is 2. The molecule has 0 aliphatic heterocycles. The normalized spacial score (nSPS) is 11.7. The van der Waals surface area contributed by atoms with E-state index in [4.69, 9.17) is 9.97 Å². The SMILES string of the molecule is c1ccc(-c2cc(-c3ccccn3)cc(-c3cc4c5ccccc5c5ccccc5c4c4sc5ccccc5c34)c2)nc1. The van der Waals surface area contributed by atoms with E-state index in [0.717, 1.165) is 28.1 Å². The fraction of sp³-hybridized carbons (Fsp3) is 0. The maximum absolute atomic E-state index is 4.73. The van der Waals surface area contributed by atoms with Gasteiger partial charge in [-0.2, -0.15) is 0 Å². The molecule has 43 heavy (non-hydrogen) atoms. The molecular formula is C40H24N2S. The number of benzene rings is 6. The molecule has 0 atom stereocenters. The van der Waals surface area contributed by atoms with Gasteiger partial charge in [0.15, 0.2) is 0 Å². The van der Waals surface area contributed by atoms with Crippen LogP contribution in [0.2, 0.25) is 0 Å². The van der Waals surface area contributed by atoms with Crippen LogP contribution in [-0.2, 0) is 0 Å². The lowest BCUT2D eigenvalue weighted by molar-refractivity contribution is 1.31. The second-order valence-corrected chi connectivity index (χ2v) is 12.0. The van der Waals surface area contributed by atoms with E-state index < -0.39 is 0 Å². The number of hydrogen-bond acceptors (Lipinski definition) is 3. The summed E-state index contributed by atoms with van der Waals surface area (Å²) in [4.78, 5) is 9.45. The highest BCUT2D eigenvalue weighted by molar-refractivity contribution is 7.27. The molecule has 0 spiro atoms. The molecule has 0 saturated carbocycles. The lowest BCUT2D eigenvalue weighted by Gasteiger charge is -2.16. The predicted octanol–water partition coefficient (Wildman–Crippen LogP) is 11.3. The minimum atomic E-state index is 0.949. The third-order valence-electron chi connectivity index (χ3n) is 8.52. The minimum Gasteiger partial charge on any atom is -0.256 e. The average molecular weight is 565 g/mol. The topological polar surface area (TPSA) is 25.8 Å². The quantitative estimate of drug-likeness (QED) is 0.199. The maximum atomic E-state index is 4.73. The summed E-state index contributed by atoms with van der Waals surface area (Å²) in [5.41, 5.74) is 6.45. The molecule has 3 aromatic heterocycles. The highest BCUT2D eigenvalue weighted by Crippen LogP contribution is 2.49. The van der Waals surface area contributed by atoms with Crippen molar-refractivity contribution in [2.75, 3.05) is 0 Å². The molecule has 3 heteroatoms. The van der Waals surface area contributed by atoms with Crippen LogP contribution in [0.4, 0.5) is 0 Å². The molecule has 200 valence electrons. The highest BCUT2D eigenvalue weighted by atomic mass is 32.1. The van der Waals surface area contributed by atoms with Gasteiger partial charge in [0.05, 0.1) is 11.4 Å². The van der Waals surface area contributed by atoms with Crippen molar-refractivity contribution in [1.29, 1.82) is 0 Å². The van der Waals surface area contributed by atoms with Gasteiger partial charge in [-0.15, -0.1) is 11.3 Å². The van der Waals surface area contributed by atoms with Gasteiger partial charge in [-0.25, -0.2) is 0 Å². The van der Waals surface area contributed by atoms with E-state index in [1.165, 1.54) is 58.1 Å². The standard InChI is InChI=1S/C40H24N2S/c1-2-13-30-28(11-1)29-12-3-4-14-31(29)38-34(30)24-33(39-32-15-5-6-18-37(32)43-40(38)39)25-21-26(35-16-7-9-19-41-35)23-27(22-25)36-17-8-10-20-42-36/h1-24H. The van der Waals surface area contributed by atoms with Gasteiger partial charge in [0.25, 0.3) is 0 Å². The second kappa shape index (κ2) is 9.59. The van der Waals surface area contributed by atoms with Gasteiger partial charge in [0.2, 0.25) is 0 Å². The molecule has 0 aliphatic rings. The molecule has 0 fully saturated rings. The Hall–Kier alpha value is -5.38. The molecule has 9 aromatic rings. The van der Waals surface area contributed by atoms with Gasteiger partial charge in [-0.3, -0.25) is 9.97 Å². The van der Waals surface area contributed by atoms with E-state index in [1.807, 2.05) is 48.0 Å². The Labute approximate surface area is 252 Å². The Kier molecular flexibility index (Phi) is 5.40. The summed E-state index contributed by atoms with van der Waals surface area (Å²) in [6.45, 7) is 0. The van der Waals surface area contributed by atoms with Gasteiger partial charge in [-0.1, -0.05) is 78.9 Å². The van der Waals surface area contributed by atoms with Crippen LogP contribution in [0.5, 0.6) is 0 Å². The van der Waals surface area contributed by atoms with Crippen molar-refractivity contribution in [2.45, 2.75) is 0 Å². The summed E-state index contributed by atoms with van der Waals surface area (Å²) in [5.74, 6) is 0. The van der Waals surface area contributed by atoms with E-state index in [1.54, 1.807) is 0 Å². The van der Waals surface area contributed by atoms with Crippen molar-refractivity contribution in [1.82, 2.24) is 9.97 Å². The zero-order chi connectivity index (χ0) is 28.3. The Morgan fingerprint density at radius 2 is 0.907 bits per heavy atom. The summed E-state index contributed by atoms with van der Waals surface area (Å²) in [6, 6.07) is 48.0. The van der Waals surface area contributed by atoms with Crippen LogP contribution in [0.1, 0.15) is 0 Å². The lowest BCUT2D eigenvalue weighted by Crippen LogP contribution is -1.91. The summed E-state index contributed by atoms with van der Waals surface area (Å²) >= 11 is 1.90. The molecule has 3 heterocycles. The van der Waals surface area contributed by atoms with Crippen LogP contribution in [-0.4, -0.2) is 9.97 Å². The fourth-order valence-corrected chi connectivity index (χ4v) is 7.93. The average Bonchev–Trinajstić information content (AvgIpc) is 3.48. The van der Waals surface area contributed by atoms with E-state index in [2.05, 4.69) is 109 Å². The number of thiophene rings is 1. The molecule has 6 aromatic carbocycles. The third-order valence-corrected chi connectivity index (χ3v) is 9.71. The summed E-state index contributed by atoms with van der Waals surface area (Å²) in [5, 5.41) is 10.4. The minimum absolute atomic E-state index is 0.949. The van der Waals surface area contributed by atoms with Crippen LogP contribution >= 0.6 is 11.3 Å². The van der Waals surface area contributed by atoms with E-state index >= 15 is 0 Å². The van der Waals surface area contributed by atoms with Crippen LogP contribution in [0.15, 0.2) is 146 Å².